The topological polar surface area (TPSA) is 43.6 Å². The lowest BCUT2D eigenvalue weighted by Crippen LogP contribution is -2.06. The third-order valence-electron chi connectivity index (χ3n) is 9.80. The van der Waals surface area contributed by atoms with Gasteiger partial charge in [-0.3, -0.25) is 4.57 Å². The van der Waals surface area contributed by atoms with Crippen LogP contribution in [0.1, 0.15) is 0 Å². The van der Waals surface area contributed by atoms with Crippen molar-refractivity contribution in [2.45, 2.75) is 0 Å². The highest BCUT2D eigenvalue weighted by atomic mass is 15.2. The number of rotatable bonds is 5. The van der Waals surface area contributed by atoms with Crippen molar-refractivity contribution in [3.8, 4) is 51.0 Å². The molecule has 0 saturated carbocycles. The first-order valence-electron chi connectivity index (χ1n) is 17.2. The molecule has 10 aromatic rings. The predicted molar refractivity (Wildman–Crippen MR) is 211 cm³/mol. The smallest absolute Gasteiger partial charge is 0.238 e. The van der Waals surface area contributed by atoms with E-state index in [1.54, 1.807) is 0 Å². The van der Waals surface area contributed by atoms with Crippen LogP contribution in [0.4, 0.5) is 0 Å². The lowest BCUT2D eigenvalue weighted by Gasteiger charge is -2.14. The molecule has 2 aromatic heterocycles. The number of hydrogen-bond acceptors (Lipinski definition) is 3. The first-order chi connectivity index (χ1) is 25.3. The van der Waals surface area contributed by atoms with E-state index in [1.807, 2.05) is 18.2 Å². The number of benzene rings is 8. The van der Waals surface area contributed by atoms with Gasteiger partial charge in [-0.2, -0.15) is 9.97 Å². The molecule has 8 aromatic carbocycles. The number of nitrogens with zero attached hydrogens (tertiary/aromatic N) is 4. The fourth-order valence-electron chi connectivity index (χ4n) is 7.42. The number of aromatic nitrogens is 4. The minimum atomic E-state index is 0.580. The van der Waals surface area contributed by atoms with Crippen molar-refractivity contribution >= 4 is 43.4 Å². The third-order valence-corrected chi connectivity index (χ3v) is 9.80. The normalized spacial score (nSPS) is 11.5. The van der Waals surface area contributed by atoms with Gasteiger partial charge in [-0.1, -0.05) is 158 Å². The fraction of sp³-hybridized carbons (Fsp3) is 0. The minimum Gasteiger partial charge on any atom is -0.277 e. The van der Waals surface area contributed by atoms with Crippen LogP contribution in [0.5, 0.6) is 0 Å². The zero-order chi connectivity index (χ0) is 33.7. The van der Waals surface area contributed by atoms with Gasteiger partial charge in [0.1, 0.15) is 0 Å². The lowest BCUT2D eigenvalue weighted by molar-refractivity contribution is 0.955. The molecule has 0 aliphatic rings. The quantitative estimate of drug-likeness (QED) is 0.186. The predicted octanol–water partition coefficient (Wildman–Crippen LogP) is 11.9. The van der Waals surface area contributed by atoms with E-state index in [9.17, 15) is 0 Å². The summed E-state index contributed by atoms with van der Waals surface area (Å²) in [6, 6.07) is 63.9. The maximum atomic E-state index is 5.37. The Morgan fingerprint density at radius 3 is 1.47 bits per heavy atom. The third kappa shape index (κ3) is 4.96. The molecule has 0 aliphatic carbocycles. The minimum absolute atomic E-state index is 0.580. The van der Waals surface area contributed by atoms with E-state index >= 15 is 0 Å². The van der Waals surface area contributed by atoms with E-state index < -0.39 is 0 Å². The van der Waals surface area contributed by atoms with E-state index in [0.29, 0.717) is 17.6 Å². The van der Waals surface area contributed by atoms with Crippen LogP contribution in [0.3, 0.4) is 0 Å². The Hall–Kier alpha value is -6.91. The van der Waals surface area contributed by atoms with Gasteiger partial charge in [-0.25, -0.2) is 4.98 Å². The maximum absolute atomic E-state index is 5.37. The molecule has 0 spiro atoms. The van der Waals surface area contributed by atoms with Gasteiger partial charge in [-0.05, 0) is 62.7 Å². The van der Waals surface area contributed by atoms with Crippen LogP contribution in [0.2, 0.25) is 0 Å². The van der Waals surface area contributed by atoms with Gasteiger partial charge < -0.3 is 0 Å². The molecule has 0 radical (unpaired) electrons. The van der Waals surface area contributed by atoms with E-state index in [4.69, 9.17) is 15.0 Å². The largest absolute Gasteiger partial charge is 0.277 e. The van der Waals surface area contributed by atoms with Gasteiger partial charge in [-0.15, -0.1) is 0 Å². The molecule has 0 saturated heterocycles. The van der Waals surface area contributed by atoms with E-state index in [2.05, 4.69) is 168 Å². The SMILES string of the molecule is c1ccc(-c2cc(-c3ccccc3)cc(-c3nc(-c4ccccc4)nc(-n4c5ccc6ccccc6c5c5ccc6ccccc6c54)n3)c2)cc1. The van der Waals surface area contributed by atoms with Crippen LogP contribution in [0, 0.1) is 0 Å². The number of fused-ring (bicyclic) bond motifs is 7. The molecule has 0 fully saturated rings. The van der Waals surface area contributed by atoms with Gasteiger partial charge in [0.15, 0.2) is 11.6 Å². The van der Waals surface area contributed by atoms with Gasteiger partial charge in [0.05, 0.1) is 11.0 Å². The first-order valence-corrected chi connectivity index (χ1v) is 17.2. The molecular formula is C47H30N4. The second kappa shape index (κ2) is 11.9. The van der Waals surface area contributed by atoms with Crippen molar-refractivity contribution in [3.63, 3.8) is 0 Å². The monoisotopic (exact) mass is 650 g/mol. The van der Waals surface area contributed by atoms with E-state index in [0.717, 1.165) is 49.8 Å². The van der Waals surface area contributed by atoms with Gasteiger partial charge in [0, 0.05) is 27.3 Å². The summed E-state index contributed by atoms with van der Waals surface area (Å²) < 4.78 is 2.25. The fourth-order valence-corrected chi connectivity index (χ4v) is 7.42. The highest BCUT2D eigenvalue weighted by molar-refractivity contribution is 6.25. The molecule has 10 rings (SSSR count). The Bertz CT molecular complexity index is 2840. The Labute approximate surface area is 295 Å². The van der Waals surface area contributed by atoms with E-state index in [-0.39, 0.29) is 0 Å². The van der Waals surface area contributed by atoms with Crippen molar-refractivity contribution in [1.29, 1.82) is 0 Å². The van der Waals surface area contributed by atoms with Crippen LogP contribution in [0.25, 0.3) is 94.3 Å². The first kappa shape index (κ1) is 29.0. The zero-order valence-electron chi connectivity index (χ0n) is 27.6. The molecule has 0 unspecified atom stereocenters. The molecule has 2 heterocycles. The summed E-state index contributed by atoms with van der Waals surface area (Å²) in [6.07, 6.45) is 0. The molecule has 0 bridgehead atoms. The molecule has 0 N–H and O–H groups in total. The highest BCUT2D eigenvalue weighted by Gasteiger charge is 2.21. The molecular weight excluding hydrogens is 621 g/mol. The summed E-state index contributed by atoms with van der Waals surface area (Å²) in [5.41, 5.74) is 8.46. The van der Waals surface area contributed by atoms with Crippen LogP contribution in [-0.4, -0.2) is 19.5 Å². The zero-order valence-corrected chi connectivity index (χ0v) is 27.6. The summed E-state index contributed by atoms with van der Waals surface area (Å²) in [7, 11) is 0. The molecule has 0 amide bonds. The van der Waals surface area contributed by atoms with Crippen molar-refractivity contribution in [3.05, 3.63) is 182 Å². The maximum Gasteiger partial charge on any atom is 0.238 e. The summed E-state index contributed by atoms with van der Waals surface area (Å²) in [4.78, 5) is 15.8. The molecule has 0 aliphatic heterocycles. The molecule has 238 valence electrons. The summed E-state index contributed by atoms with van der Waals surface area (Å²) >= 11 is 0. The van der Waals surface area contributed by atoms with Crippen LogP contribution in [-0.2, 0) is 0 Å². The molecule has 0 atom stereocenters. The van der Waals surface area contributed by atoms with Crippen molar-refractivity contribution < 1.29 is 0 Å². The van der Waals surface area contributed by atoms with Crippen molar-refractivity contribution in [2.75, 3.05) is 0 Å². The summed E-state index contributed by atoms with van der Waals surface area (Å²) in [6.45, 7) is 0. The average Bonchev–Trinajstić information content (AvgIpc) is 3.57. The van der Waals surface area contributed by atoms with Gasteiger partial charge in [0.25, 0.3) is 0 Å². The van der Waals surface area contributed by atoms with Crippen molar-refractivity contribution in [2.24, 2.45) is 0 Å². The summed E-state index contributed by atoms with van der Waals surface area (Å²) in [5, 5.41) is 7.07. The Balaban J connectivity index is 1.31. The van der Waals surface area contributed by atoms with Gasteiger partial charge >= 0.3 is 0 Å². The Morgan fingerprint density at radius 2 is 0.824 bits per heavy atom. The van der Waals surface area contributed by atoms with Gasteiger partial charge in [0.2, 0.25) is 5.95 Å². The van der Waals surface area contributed by atoms with Crippen LogP contribution < -0.4 is 0 Å². The summed E-state index contributed by atoms with van der Waals surface area (Å²) in [5.74, 6) is 1.82. The second-order valence-electron chi connectivity index (χ2n) is 12.9. The average molecular weight is 651 g/mol. The highest BCUT2D eigenvalue weighted by Crippen LogP contribution is 2.40. The van der Waals surface area contributed by atoms with E-state index in [1.165, 1.54) is 26.9 Å². The Morgan fingerprint density at radius 1 is 0.333 bits per heavy atom. The second-order valence-corrected chi connectivity index (χ2v) is 12.9. The molecule has 4 heteroatoms. The van der Waals surface area contributed by atoms with Crippen LogP contribution in [0.15, 0.2) is 182 Å². The Kier molecular flexibility index (Phi) is 6.78. The number of hydrogen-bond donors (Lipinski definition) is 0. The van der Waals surface area contributed by atoms with Crippen molar-refractivity contribution in [1.82, 2.24) is 19.5 Å². The standard InChI is InChI=1S/C47H30N4/c1-4-14-31(15-5-1)36-28-37(32-16-6-2-7-17-32)30-38(29-36)46-48-45(35-20-8-3-9-21-35)49-47(50-46)51-42-27-25-33-18-10-12-22-39(33)43(42)41-26-24-34-19-11-13-23-40(34)44(41)51/h1-30H. The van der Waals surface area contributed by atoms with Crippen LogP contribution >= 0.6 is 0 Å². The molecule has 51 heavy (non-hydrogen) atoms. The molecule has 4 nitrogen and oxygen atoms in total. The lowest BCUT2D eigenvalue weighted by atomic mass is 9.96.